The zero-order valence-corrected chi connectivity index (χ0v) is 11.5. The minimum Gasteiger partial charge on any atom is -0.480 e. The molecule has 0 aliphatic carbocycles. The van der Waals surface area contributed by atoms with Crippen LogP contribution in [0.1, 0.15) is 18.4 Å². The average molecular weight is 269 g/mol. The molecule has 1 saturated heterocycles. The van der Waals surface area contributed by atoms with Gasteiger partial charge in [-0.15, -0.1) is 0 Å². The van der Waals surface area contributed by atoms with Crippen molar-refractivity contribution in [3.05, 3.63) is 48.0 Å². The molecule has 0 amide bonds. The zero-order valence-electron chi connectivity index (χ0n) is 11.5. The second kappa shape index (κ2) is 5.63. The van der Waals surface area contributed by atoms with Crippen molar-refractivity contribution in [3.8, 4) is 0 Å². The monoisotopic (exact) mass is 269 g/mol. The van der Waals surface area contributed by atoms with Crippen molar-refractivity contribution in [1.29, 1.82) is 0 Å². The Kier molecular flexibility index (Phi) is 3.70. The minimum atomic E-state index is -0.726. The van der Waals surface area contributed by atoms with E-state index >= 15 is 0 Å². The first-order valence-corrected chi connectivity index (χ1v) is 7.16. The molecule has 20 heavy (non-hydrogen) atoms. The number of hydrogen-bond acceptors (Lipinski definition) is 2. The van der Waals surface area contributed by atoms with Crippen LogP contribution in [0.2, 0.25) is 0 Å². The molecule has 1 unspecified atom stereocenters. The van der Waals surface area contributed by atoms with Gasteiger partial charge in [0.1, 0.15) is 0 Å². The summed E-state index contributed by atoms with van der Waals surface area (Å²) in [5.74, 6) is -0.726. The maximum atomic E-state index is 10.9. The highest BCUT2D eigenvalue weighted by molar-refractivity contribution is 5.83. The van der Waals surface area contributed by atoms with Crippen LogP contribution in [0.15, 0.2) is 42.5 Å². The number of rotatable bonds is 4. The molecule has 2 aromatic carbocycles. The van der Waals surface area contributed by atoms with Gasteiger partial charge in [-0.25, -0.2) is 0 Å². The van der Waals surface area contributed by atoms with Crippen molar-refractivity contribution >= 4 is 16.7 Å². The fourth-order valence-electron chi connectivity index (χ4n) is 3.15. The van der Waals surface area contributed by atoms with E-state index in [9.17, 15) is 4.79 Å². The quantitative estimate of drug-likeness (QED) is 0.927. The van der Waals surface area contributed by atoms with Gasteiger partial charge in [0, 0.05) is 6.04 Å². The van der Waals surface area contributed by atoms with Gasteiger partial charge in [-0.05, 0) is 42.1 Å². The lowest BCUT2D eigenvalue weighted by Crippen LogP contribution is -2.35. The maximum absolute atomic E-state index is 10.9. The molecule has 104 valence electrons. The van der Waals surface area contributed by atoms with Gasteiger partial charge >= 0.3 is 5.97 Å². The Balaban J connectivity index is 1.76. The van der Waals surface area contributed by atoms with Gasteiger partial charge in [-0.3, -0.25) is 9.69 Å². The summed E-state index contributed by atoms with van der Waals surface area (Å²) in [6.45, 7) is 1.07. The summed E-state index contributed by atoms with van der Waals surface area (Å²) in [6.07, 6.45) is 3.14. The Bertz CT molecular complexity index is 623. The molecule has 1 aliphatic heterocycles. The summed E-state index contributed by atoms with van der Waals surface area (Å²) >= 11 is 0. The molecule has 0 spiro atoms. The summed E-state index contributed by atoms with van der Waals surface area (Å²) < 4.78 is 0. The fourth-order valence-corrected chi connectivity index (χ4v) is 3.15. The molecular formula is C17H19NO2. The van der Waals surface area contributed by atoms with Crippen molar-refractivity contribution in [1.82, 2.24) is 4.90 Å². The average Bonchev–Trinajstić information content (AvgIpc) is 2.85. The van der Waals surface area contributed by atoms with Gasteiger partial charge < -0.3 is 5.11 Å². The lowest BCUT2D eigenvalue weighted by molar-refractivity contribution is -0.138. The van der Waals surface area contributed by atoms with E-state index in [2.05, 4.69) is 41.3 Å². The largest absolute Gasteiger partial charge is 0.480 e. The smallest absolute Gasteiger partial charge is 0.317 e. The molecule has 1 aliphatic rings. The lowest BCUT2D eigenvalue weighted by Gasteiger charge is -2.22. The summed E-state index contributed by atoms with van der Waals surface area (Å²) in [5, 5.41) is 11.5. The van der Waals surface area contributed by atoms with Crippen molar-refractivity contribution < 1.29 is 9.90 Å². The number of hydrogen-bond donors (Lipinski definition) is 1. The molecule has 0 aromatic heterocycles. The lowest BCUT2D eigenvalue weighted by atomic mass is 10.0. The third kappa shape index (κ3) is 2.83. The van der Waals surface area contributed by atoms with Crippen LogP contribution in [0.3, 0.4) is 0 Å². The van der Waals surface area contributed by atoms with Crippen LogP contribution < -0.4 is 0 Å². The third-order valence-electron chi connectivity index (χ3n) is 4.12. The van der Waals surface area contributed by atoms with E-state index in [1.807, 2.05) is 6.07 Å². The van der Waals surface area contributed by atoms with Crippen molar-refractivity contribution in [3.63, 3.8) is 0 Å². The SMILES string of the molecule is O=C(O)CN1CCCC1Cc1ccc2ccccc2c1. The van der Waals surface area contributed by atoms with Crippen molar-refractivity contribution in [2.24, 2.45) is 0 Å². The van der Waals surface area contributed by atoms with Crippen LogP contribution in [0.5, 0.6) is 0 Å². The number of aliphatic carboxylic acids is 1. The fraction of sp³-hybridized carbons (Fsp3) is 0.353. The second-order valence-corrected chi connectivity index (χ2v) is 5.55. The standard InChI is InChI=1S/C17H19NO2/c19-17(20)12-18-9-3-6-16(18)11-13-7-8-14-4-1-2-5-15(14)10-13/h1-2,4-5,7-8,10,16H,3,6,9,11-12H2,(H,19,20). The van der Waals surface area contributed by atoms with Gasteiger partial charge in [0.2, 0.25) is 0 Å². The number of likely N-dealkylation sites (tertiary alicyclic amines) is 1. The molecule has 1 N–H and O–H groups in total. The van der Waals surface area contributed by atoms with Crippen LogP contribution >= 0.6 is 0 Å². The predicted octanol–water partition coefficient (Wildman–Crippen LogP) is 2.93. The highest BCUT2D eigenvalue weighted by Crippen LogP contribution is 2.23. The molecule has 0 saturated carbocycles. The molecule has 2 aromatic rings. The van der Waals surface area contributed by atoms with Crippen LogP contribution in [0.25, 0.3) is 10.8 Å². The molecule has 3 nitrogen and oxygen atoms in total. The maximum Gasteiger partial charge on any atom is 0.317 e. The highest BCUT2D eigenvalue weighted by atomic mass is 16.4. The van der Waals surface area contributed by atoms with Gasteiger partial charge in [0.05, 0.1) is 6.54 Å². The normalized spacial score (nSPS) is 19.5. The topological polar surface area (TPSA) is 40.5 Å². The molecule has 0 radical (unpaired) electrons. The molecule has 3 heteroatoms. The first kappa shape index (κ1) is 13.1. The van der Waals surface area contributed by atoms with Crippen molar-refractivity contribution in [2.75, 3.05) is 13.1 Å². The van der Waals surface area contributed by atoms with E-state index < -0.39 is 5.97 Å². The number of nitrogens with zero attached hydrogens (tertiary/aromatic N) is 1. The zero-order chi connectivity index (χ0) is 13.9. The first-order chi connectivity index (χ1) is 9.72. The molecule has 0 bridgehead atoms. The Morgan fingerprint density at radius 3 is 2.80 bits per heavy atom. The number of carboxylic acids is 1. The number of carboxylic acid groups (broad SMARTS) is 1. The van der Waals surface area contributed by atoms with E-state index in [1.165, 1.54) is 16.3 Å². The molecule has 1 heterocycles. The van der Waals surface area contributed by atoms with Crippen LogP contribution in [-0.2, 0) is 11.2 Å². The molecular weight excluding hydrogens is 250 g/mol. The van der Waals surface area contributed by atoms with Gasteiger partial charge in [0.15, 0.2) is 0 Å². The van der Waals surface area contributed by atoms with Crippen LogP contribution in [-0.4, -0.2) is 35.1 Å². The highest BCUT2D eigenvalue weighted by Gasteiger charge is 2.26. The van der Waals surface area contributed by atoms with Gasteiger partial charge in [-0.2, -0.15) is 0 Å². The summed E-state index contributed by atoms with van der Waals surface area (Å²) in [5.41, 5.74) is 1.30. The number of fused-ring (bicyclic) bond motifs is 1. The Morgan fingerprint density at radius 2 is 2.00 bits per heavy atom. The van der Waals surface area contributed by atoms with E-state index in [0.717, 1.165) is 25.8 Å². The summed E-state index contributed by atoms with van der Waals surface area (Å²) in [4.78, 5) is 13.0. The number of benzene rings is 2. The molecule has 1 atom stereocenters. The Hall–Kier alpha value is -1.87. The third-order valence-corrected chi connectivity index (χ3v) is 4.12. The van der Waals surface area contributed by atoms with Gasteiger partial charge in [-0.1, -0.05) is 42.5 Å². The second-order valence-electron chi connectivity index (χ2n) is 5.55. The van der Waals surface area contributed by atoms with E-state index in [-0.39, 0.29) is 6.54 Å². The van der Waals surface area contributed by atoms with Crippen LogP contribution in [0, 0.1) is 0 Å². The number of carbonyl (C=O) groups is 1. The van der Waals surface area contributed by atoms with Gasteiger partial charge in [0.25, 0.3) is 0 Å². The Morgan fingerprint density at radius 1 is 1.20 bits per heavy atom. The van der Waals surface area contributed by atoms with E-state index in [0.29, 0.717) is 6.04 Å². The first-order valence-electron chi connectivity index (χ1n) is 7.16. The van der Waals surface area contributed by atoms with E-state index in [1.54, 1.807) is 0 Å². The summed E-state index contributed by atoms with van der Waals surface area (Å²) in [6, 6.07) is 15.3. The minimum absolute atomic E-state index is 0.165. The Labute approximate surface area is 118 Å². The molecule has 3 rings (SSSR count). The predicted molar refractivity (Wildman–Crippen MR) is 79.9 cm³/mol. The van der Waals surface area contributed by atoms with Crippen LogP contribution in [0.4, 0.5) is 0 Å². The van der Waals surface area contributed by atoms with Crippen molar-refractivity contribution in [2.45, 2.75) is 25.3 Å². The molecule has 1 fully saturated rings. The van der Waals surface area contributed by atoms with E-state index in [4.69, 9.17) is 5.11 Å². The summed E-state index contributed by atoms with van der Waals surface area (Å²) in [7, 11) is 0.